The van der Waals surface area contributed by atoms with Gasteiger partial charge in [-0.05, 0) is 51.6 Å². The highest BCUT2D eigenvalue weighted by Crippen LogP contribution is 2.18. The van der Waals surface area contributed by atoms with Crippen molar-refractivity contribution in [1.82, 2.24) is 24.6 Å². The molecular formula is C24H29N5O. The molecule has 2 heterocycles. The first-order chi connectivity index (χ1) is 14.5. The lowest BCUT2D eigenvalue weighted by Crippen LogP contribution is -2.44. The van der Waals surface area contributed by atoms with E-state index in [9.17, 15) is 4.79 Å². The van der Waals surface area contributed by atoms with Crippen LogP contribution in [0, 0.1) is 6.92 Å². The number of likely N-dealkylation sites (tertiary alicyclic amines) is 1. The Labute approximate surface area is 178 Å². The highest BCUT2D eigenvalue weighted by Gasteiger charge is 2.28. The van der Waals surface area contributed by atoms with Crippen LogP contribution in [-0.2, 0) is 6.42 Å². The van der Waals surface area contributed by atoms with Crippen molar-refractivity contribution in [3.63, 3.8) is 0 Å². The summed E-state index contributed by atoms with van der Waals surface area (Å²) >= 11 is 0. The number of carbonyl (C=O) groups excluding carboxylic acids is 1. The van der Waals surface area contributed by atoms with Crippen molar-refractivity contribution < 1.29 is 4.79 Å². The summed E-state index contributed by atoms with van der Waals surface area (Å²) < 4.78 is 1.81. The Hall–Kier alpha value is -2.99. The average molecular weight is 404 g/mol. The first-order valence-corrected chi connectivity index (χ1v) is 10.5. The maximum atomic E-state index is 13.2. The second-order valence-corrected chi connectivity index (χ2v) is 8.25. The van der Waals surface area contributed by atoms with Crippen LogP contribution in [0.4, 0.5) is 0 Å². The highest BCUT2D eigenvalue weighted by molar-refractivity contribution is 5.90. The molecule has 0 aliphatic carbocycles. The zero-order chi connectivity index (χ0) is 21.1. The number of hydrogen-bond acceptors (Lipinski definition) is 4. The molecule has 1 saturated heterocycles. The molecule has 0 spiro atoms. The maximum Gasteiger partial charge on any atom is 0.293 e. The number of hydrogen-bond donors (Lipinski definition) is 0. The van der Waals surface area contributed by atoms with Gasteiger partial charge in [0, 0.05) is 25.6 Å². The summed E-state index contributed by atoms with van der Waals surface area (Å²) in [5.41, 5.74) is 3.25. The smallest absolute Gasteiger partial charge is 0.293 e. The number of piperidine rings is 1. The molecule has 0 radical (unpaired) electrons. The summed E-state index contributed by atoms with van der Waals surface area (Å²) in [7, 11) is 4.20. The Balaban J connectivity index is 1.61. The SMILES string of the molecule is Cc1ccc(-n2nc(C(=O)N3CCC(N(C)C)CC3)nc2Cc2ccccc2)cc1. The number of rotatable bonds is 5. The first kappa shape index (κ1) is 20.3. The third-order valence-electron chi connectivity index (χ3n) is 5.83. The summed E-state index contributed by atoms with van der Waals surface area (Å²) in [5.74, 6) is 0.980. The number of aromatic nitrogens is 3. The molecule has 1 aromatic heterocycles. The zero-order valence-corrected chi connectivity index (χ0v) is 18.0. The molecule has 156 valence electrons. The zero-order valence-electron chi connectivity index (χ0n) is 18.0. The van der Waals surface area contributed by atoms with E-state index in [-0.39, 0.29) is 11.7 Å². The van der Waals surface area contributed by atoms with Gasteiger partial charge in [0.15, 0.2) is 0 Å². The summed E-state index contributed by atoms with van der Waals surface area (Å²) in [6, 6.07) is 18.9. The van der Waals surface area contributed by atoms with Gasteiger partial charge < -0.3 is 9.80 Å². The molecule has 0 unspecified atom stereocenters. The fourth-order valence-corrected chi connectivity index (χ4v) is 3.95. The molecule has 6 heteroatoms. The number of carbonyl (C=O) groups is 1. The van der Waals surface area contributed by atoms with Crippen molar-refractivity contribution >= 4 is 5.91 Å². The summed E-state index contributed by atoms with van der Waals surface area (Å²) in [5, 5.41) is 4.64. The minimum absolute atomic E-state index is 0.0765. The Kier molecular flexibility index (Phi) is 5.95. The Morgan fingerprint density at radius 3 is 2.33 bits per heavy atom. The molecule has 30 heavy (non-hydrogen) atoms. The van der Waals surface area contributed by atoms with E-state index >= 15 is 0 Å². The van der Waals surface area contributed by atoms with Crippen molar-refractivity contribution in [3.8, 4) is 5.69 Å². The standard InChI is InChI=1S/C24H29N5O/c1-18-9-11-21(12-10-18)29-22(17-19-7-5-4-6-8-19)25-23(26-29)24(30)28-15-13-20(14-16-28)27(2)3/h4-12,20H,13-17H2,1-3H3. The van der Waals surface area contributed by atoms with Crippen LogP contribution in [0.3, 0.4) is 0 Å². The van der Waals surface area contributed by atoms with E-state index in [2.05, 4.69) is 60.3 Å². The predicted octanol–water partition coefficient (Wildman–Crippen LogP) is 3.33. The Morgan fingerprint density at radius 1 is 1.03 bits per heavy atom. The lowest BCUT2D eigenvalue weighted by Gasteiger charge is -2.34. The van der Waals surface area contributed by atoms with Crippen LogP contribution in [0.25, 0.3) is 5.69 Å². The third-order valence-corrected chi connectivity index (χ3v) is 5.83. The molecule has 1 aliphatic heterocycles. The summed E-state index contributed by atoms with van der Waals surface area (Å²) in [6.45, 7) is 3.55. The van der Waals surface area contributed by atoms with E-state index in [1.54, 1.807) is 0 Å². The molecule has 6 nitrogen and oxygen atoms in total. The Bertz CT molecular complexity index is 986. The van der Waals surface area contributed by atoms with Gasteiger partial charge in [0.05, 0.1) is 5.69 Å². The van der Waals surface area contributed by atoms with Gasteiger partial charge in [0.2, 0.25) is 5.82 Å². The number of aryl methyl sites for hydroxylation is 1. The predicted molar refractivity (Wildman–Crippen MR) is 118 cm³/mol. The van der Waals surface area contributed by atoms with Crippen LogP contribution in [0.5, 0.6) is 0 Å². The van der Waals surface area contributed by atoms with Crippen molar-refractivity contribution in [1.29, 1.82) is 0 Å². The molecule has 0 atom stereocenters. The van der Waals surface area contributed by atoms with Crippen LogP contribution in [0.15, 0.2) is 54.6 Å². The minimum atomic E-state index is -0.0765. The van der Waals surface area contributed by atoms with Gasteiger partial charge in [-0.15, -0.1) is 5.10 Å². The van der Waals surface area contributed by atoms with Crippen LogP contribution in [-0.4, -0.2) is 63.7 Å². The number of amides is 1. The van der Waals surface area contributed by atoms with Crippen LogP contribution in [0.1, 0.15) is 40.4 Å². The number of benzene rings is 2. The fourth-order valence-electron chi connectivity index (χ4n) is 3.95. The van der Waals surface area contributed by atoms with Gasteiger partial charge in [-0.25, -0.2) is 9.67 Å². The highest BCUT2D eigenvalue weighted by atomic mass is 16.2. The molecule has 0 N–H and O–H groups in total. The molecular weight excluding hydrogens is 374 g/mol. The van der Waals surface area contributed by atoms with Gasteiger partial charge in [-0.2, -0.15) is 0 Å². The van der Waals surface area contributed by atoms with E-state index in [0.717, 1.165) is 43.0 Å². The monoisotopic (exact) mass is 403 g/mol. The van der Waals surface area contributed by atoms with Crippen molar-refractivity contribution in [2.45, 2.75) is 32.2 Å². The topological polar surface area (TPSA) is 54.3 Å². The second kappa shape index (κ2) is 8.79. The summed E-state index contributed by atoms with van der Waals surface area (Å²) in [6.07, 6.45) is 2.58. The Morgan fingerprint density at radius 2 is 1.70 bits per heavy atom. The lowest BCUT2D eigenvalue weighted by atomic mass is 10.0. The molecule has 0 bridgehead atoms. The lowest BCUT2D eigenvalue weighted by molar-refractivity contribution is 0.0651. The van der Waals surface area contributed by atoms with Crippen molar-refractivity contribution in [2.24, 2.45) is 0 Å². The van der Waals surface area contributed by atoms with E-state index in [1.165, 1.54) is 5.56 Å². The van der Waals surface area contributed by atoms with Gasteiger partial charge in [-0.1, -0.05) is 48.0 Å². The minimum Gasteiger partial charge on any atom is -0.336 e. The van der Waals surface area contributed by atoms with Crippen LogP contribution in [0.2, 0.25) is 0 Å². The van der Waals surface area contributed by atoms with E-state index in [0.29, 0.717) is 12.5 Å². The average Bonchev–Trinajstić information content (AvgIpc) is 3.18. The molecule has 0 saturated carbocycles. The quantitative estimate of drug-likeness (QED) is 0.656. The van der Waals surface area contributed by atoms with Crippen LogP contribution >= 0.6 is 0 Å². The van der Waals surface area contributed by atoms with Crippen LogP contribution < -0.4 is 0 Å². The molecule has 2 aromatic carbocycles. The summed E-state index contributed by atoms with van der Waals surface area (Å²) in [4.78, 5) is 22.0. The maximum absolute atomic E-state index is 13.2. The normalized spacial score (nSPS) is 15.0. The van der Waals surface area contributed by atoms with Gasteiger partial charge >= 0.3 is 0 Å². The van der Waals surface area contributed by atoms with Crippen molar-refractivity contribution in [2.75, 3.05) is 27.2 Å². The van der Waals surface area contributed by atoms with Gasteiger partial charge in [-0.3, -0.25) is 4.79 Å². The van der Waals surface area contributed by atoms with Gasteiger partial charge in [0.1, 0.15) is 5.82 Å². The molecule has 3 aromatic rings. The second-order valence-electron chi connectivity index (χ2n) is 8.25. The van der Waals surface area contributed by atoms with Crippen molar-refractivity contribution in [3.05, 3.63) is 77.4 Å². The van der Waals surface area contributed by atoms with E-state index in [1.807, 2.05) is 39.9 Å². The molecule has 4 rings (SSSR count). The molecule has 1 amide bonds. The fraction of sp³-hybridized carbons (Fsp3) is 0.375. The third kappa shape index (κ3) is 4.44. The van der Waals surface area contributed by atoms with Gasteiger partial charge in [0.25, 0.3) is 5.91 Å². The molecule has 1 fully saturated rings. The molecule has 1 aliphatic rings. The van der Waals surface area contributed by atoms with E-state index in [4.69, 9.17) is 0 Å². The van der Waals surface area contributed by atoms with E-state index < -0.39 is 0 Å². The first-order valence-electron chi connectivity index (χ1n) is 10.5. The largest absolute Gasteiger partial charge is 0.336 e. The number of nitrogens with zero attached hydrogens (tertiary/aromatic N) is 5.